The van der Waals surface area contributed by atoms with Crippen molar-refractivity contribution < 1.29 is 17.9 Å². The van der Waals surface area contributed by atoms with Crippen molar-refractivity contribution in [2.24, 2.45) is 4.99 Å². The topological polar surface area (TPSA) is 21.6 Å². The minimum atomic E-state index is -4.52. The Morgan fingerprint density at radius 2 is 1.52 bits per heavy atom. The van der Waals surface area contributed by atoms with Gasteiger partial charge in [0.15, 0.2) is 5.71 Å². The van der Waals surface area contributed by atoms with Crippen LogP contribution in [0.2, 0.25) is 0 Å². The van der Waals surface area contributed by atoms with E-state index in [2.05, 4.69) is 4.99 Å². The fraction of sp³-hybridized carbons (Fsp3) is 0.188. The summed E-state index contributed by atoms with van der Waals surface area (Å²) in [7, 11) is 1.49. The molecule has 5 heteroatoms. The zero-order valence-electron chi connectivity index (χ0n) is 11.6. The first kappa shape index (κ1) is 15.1. The van der Waals surface area contributed by atoms with Crippen molar-refractivity contribution in [1.82, 2.24) is 0 Å². The van der Waals surface area contributed by atoms with E-state index in [1.54, 1.807) is 24.3 Å². The van der Waals surface area contributed by atoms with E-state index in [-0.39, 0.29) is 11.3 Å². The Hall–Kier alpha value is -2.30. The maximum atomic E-state index is 13.2. The number of hydrogen-bond acceptors (Lipinski definition) is 2. The molecule has 0 radical (unpaired) electrons. The van der Waals surface area contributed by atoms with Gasteiger partial charge in [-0.05, 0) is 31.2 Å². The second-order valence-electron chi connectivity index (χ2n) is 4.52. The number of ether oxygens (including phenoxy) is 1. The van der Waals surface area contributed by atoms with Crippen molar-refractivity contribution in [3.8, 4) is 5.75 Å². The van der Waals surface area contributed by atoms with E-state index < -0.39 is 11.9 Å². The maximum absolute atomic E-state index is 13.2. The van der Waals surface area contributed by atoms with E-state index in [4.69, 9.17) is 4.74 Å². The van der Waals surface area contributed by atoms with Gasteiger partial charge in [0, 0.05) is 5.56 Å². The lowest BCUT2D eigenvalue weighted by atomic mass is 10.1. The second-order valence-corrected chi connectivity index (χ2v) is 4.52. The van der Waals surface area contributed by atoms with Crippen molar-refractivity contribution in [3.63, 3.8) is 0 Å². The number of methoxy groups -OCH3 is 1. The number of halogens is 3. The number of benzene rings is 2. The Bertz CT molecular complexity index is 628. The largest absolute Gasteiger partial charge is 0.497 e. The third kappa shape index (κ3) is 3.84. The number of alkyl halides is 3. The Morgan fingerprint density at radius 3 is 2.00 bits per heavy atom. The average Bonchev–Trinajstić information content (AvgIpc) is 2.45. The van der Waals surface area contributed by atoms with Crippen LogP contribution >= 0.6 is 0 Å². The Balaban J connectivity index is 2.44. The third-order valence-electron chi connectivity index (χ3n) is 2.91. The molecule has 0 bridgehead atoms. The minimum Gasteiger partial charge on any atom is -0.497 e. The third-order valence-corrected chi connectivity index (χ3v) is 2.91. The van der Waals surface area contributed by atoms with E-state index in [1.807, 2.05) is 6.92 Å². The van der Waals surface area contributed by atoms with Crippen molar-refractivity contribution in [2.75, 3.05) is 7.11 Å². The molecule has 0 aliphatic rings. The van der Waals surface area contributed by atoms with E-state index in [0.717, 1.165) is 5.56 Å². The zero-order valence-corrected chi connectivity index (χ0v) is 11.6. The van der Waals surface area contributed by atoms with Gasteiger partial charge in [0.25, 0.3) is 0 Å². The lowest BCUT2D eigenvalue weighted by molar-refractivity contribution is -0.0579. The second kappa shape index (κ2) is 5.99. The Morgan fingerprint density at radius 1 is 0.952 bits per heavy atom. The summed E-state index contributed by atoms with van der Waals surface area (Å²) < 4.78 is 44.5. The fourth-order valence-corrected chi connectivity index (χ4v) is 1.79. The van der Waals surface area contributed by atoms with Gasteiger partial charge in [-0.25, -0.2) is 4.99 Å². The lowest BCUT2D eigenvalue weighted by Gasteiger charge is -2.11. The standard InChI is InChI=1S/C16H14F3NO/c1-11-3-5-12(6-4-11)15(16(17,18)19)20-13-7-9-14(21-2)10-8-13/h3-10H,1-2H3. The van der Waals surface area contributed by atoms with Gasteiger partial charge in [-0.2, -0.15) is 13.2 Å². The molecule has 0 aliphatic carbocycles. The highest BCUT2D eigenvalue weighted by molar-refractivity contribution is 6.05. The van der Waals surface area contributed by atoms with Gasteiger partial charge in [-0.15, -0.1) is 0 Å². The zero-order chi connectivity index (χ0) is 15.5. The summed E-state index contributed by atoms with van der Waals surface area (Å²) >= 11 is 0. The number of rotatable bonds is 3. The summed E-state index contributed by atoms with van der Waals surface area (Å²) in [6, 6.07) is 12.2. The van der Waals surface area contributed by atoms with Crippen LogP contribution in [0.15, 0.2) is 53.5 Å². The molecule has 0 atom stereocenters. The molecule has 0 unspecified atom stereocenters. The predicted molar refractivity (Wildman–Crippen MR) is 76.4 cm³/mol. The highest BCUT2D eigenvalue weighted by atomic mass is 19.4. The van der Waals surface area contributed by atoms with Crippen LogP contribution in [-0.4, -0.2) is 19.0 Å². The molecule has 0 saturated carbocycles. The lowest BCUT2D eigenvalue weighted by Crippen LogP contribution is -2.23. The van der Waals surface area contributed by atoms with E-state index >= 15 is 0 Å². The maximum Gasteiger partial charge on any atom is 0.433 e. The minimum absolute atomic E-state index is 0.0453. The molecule has 2 nitrogen and oxygen atoms in total. The molecule has 0 aliphatic heterocycles. The van der Waals surface area contributed by atoms with Crippen LogP contribution in [0.5, 0.6) is 5.75 Å². The van der Waals surface area contributed by atoms with E-state index in [1.165, 1.54) is 31.4 Å². The quantitative estimate of drug-likeness (QED) is 0.752. The van der Waals surface area contributed by atoms with Crippen LogP contribution in [0.25, 0.3) is 0 Å². The van der Waals surface area contributed by atoms with Gasteiger partial charge in [0.2, 0.25) is 0 Å². The van der Waals surface area contributed by atoms with Crippen LogP contribution in [0.4, 0.5) is 18.9 Å². The summed E-state index contributed by atoms with van der Waals surface area (Å²) in [6.45, 7) is 1.82. The molecule has 2 aromatic carbocycles. The number of aliphatic imine (C=N–C) groups is 1. The summed E-state index contributed by atoms with van der Waals surface area (Å²) in [5.41, 5.74) is 0.255. The Labute approximate surface area is 120 Å². The molecule has 0 amide bonds. The van der Waals surface area contributed by atoms with Crippen molar-refractivity contribution in [3.05, 3.63) is 59.7 Å². The SMILES string of the molecule is COc1ccc(N=C(c2ccc(C)cc2)C(F)(F)F)cc1. The van der Waals surface area contributed by atoms with Gasteiger partial charge in [0.05, 0.1) is 12.8 Å². The van der Waals surface area contributed by atoms with Crippen molar-refractivity contribution >= 4 is 11.4 Å². The molecule has 0 fully saturated rings. The van der Waals surface area contributed by atoms with Gasteiger partial charge in [-0.1, -0.05) is 29.8 Å². The summed E-state index contributed by atoms with van der Waals surface area (Å²) in [5.74, 6) is 0.567. The van der Waals surface area contributed by atoms with Gasteiger partial charge >= 0.3 is 6.18 Å². The molecule has 0 heterocycles. The van der Waals surface area contributed by atoms with Gasteiger partial charge < -0.3 is 4.74 Å². The highest BCUT2D eigenvalue weighted by Gasteiger charge is 2.36. The summed E-state index contributed by atoms with van der Waals surface area (Å²) in [6.07, 6.45) is -4.52. The molecule has 0 N–H and O–H groups in total. The molecule has 0 saturated heterocycles. The molecule has 2 aromatic rings. The van der Waals surface area contributed by atoms with Crippen LogP contribution < -0.4 is 4.74 Å². The molecular formula is C16H14F3NO. The summed E-state index contributed by atoms with van der Waals surface area (Å²) in [5, 5.41) is 0. The van der Waals surface area contributed by atoms with Crippen molar-refractivity contribution in [2.45, 2.75) is 13.1 Å². The Kier molecular flexibility index (Phi) is 4.31. The first-order valence-corrected chi connectivity index (χ1v) is 6.27. The van der Waals surface area contributed by atoms with Crippen LogP contribution in [0.3, 0.4) is 0 Å². The first-order valence-electron chi connectivity index (χ1n) is 6.27. The predicted octanol–water partition coefficient (Wildman–Crippen LogP) is 4.69. The fourth-order valence-electron chi connectivity index (χ4n) is 1.79. The van der Waals surface area contributed by atoms with Crippen LogP contribution in [-0.2, 0) is 0 Å². The van der Waals surface area contributed by atoms with Crippen molar-refractivity contribution in [1.29, 1.82) is 0 Å². The van der Waals surface area contributed by atoms with Crippen LogP contribution in [0.1, 0.15) is 11.1 Å². The molecule has 2 rings (SSSR count). The average molecular weight is 293 g/mol. The van der Waals surface area contributed by atoms with E-state index in [0.29, 0.717) is 5.75 Å². The molecule has 0 spiro atoms. The first-order chi connectivity index (χ1) is 9.90. The molecule has 110 valence electrons. The number of hydrogen-bond donors (Lipinski definition) is 0. The molecule has 21 heavy (non-hydrogen) atoms. The highest BCUT2D eigenvalue weighted by Crippen LogP contribution is 2.27. The van der Waals surface area contributed by atoms with Gasteiger partial charge in [0.1, 0.15) is 5.75 Å². The van der Waals surface area contributed by atoms with Crippen LogP contribution in [0, 0.1) is 6.92 Å². The number of nitrogens with zero attached hydrogens (tertiary/aromatic N) is 1. The summed E-state index contributed by atoms with van der Waals surface area (Å²) in [4.78, 5) is 3.74. The number of aryl methyl sites for hydroxylation is 1. The molecule has 0 aromatic heterocycles. The molecular weight excluding hydrogens is 279 g/mol. The van der Waals surface area contributed by atoms with E-state index in [9.17, 15) is 13.2 Å². The normalized spacial score (nSPS) is 12.3. The smallest absolute Gasteiger partial charge is 0.433 e. The monoisotopic (exact) mass is 293 g/mol. The van der Waals surface area contributed by atoms with Gasteiger partial charge in [-0.3, -0.25) is 0 Å².